The lowest BCUT2D eigenvalue weighted by Crippen LogP contribution is -2.44. The number of likely N-dealkylation sites (tertiary alicyclic amines) is 2. The van der Waals surface area contributed by atoms with Gasteiger partial charge in [-0.3, -0.25) is 14.5 Å². The van der Waals surface area contributed by atoms with Gasteiger partial charge in [-0.2, -0.15) is 18.4 Å². The fraction of sp³-hybridized carbons (Fsp3) is 0.387. The van der Waals surface area contributed by atoms with Gasteiger partial charge in [0.1, 0.15) is 11.9 Å². The van der Waals surface area contributed by atoms with Crippen molar-refractivity contribution in [2.75, 3.05) is 26.2 Å². The van der Waals surface area contributed by atoms with E-state index in [1.165, 1.54) is 36.4 Å². The van der Waals surface area contributed by atoms with Gasteiger partial charge in [-0.05, 0) is 78.7 Å². The molecule has 0 radical (unpaired) electrons. The molecule has 3 heterocycles. The predicted molar refractivity (Wildman–Crippen MR) is 157 cm³/mol. The van der Waals surface area contributed by atoms with Crippen molar-refractivity contribution in [3.8, 4) is 11.8 Å². The van der Waals surface area contributed by atoms with Gasteiger partial charge in [0.25, 0.3) is 11.8 Å². The molecule has 2 aliphatic rings. The van der Waals surface area contributed by atoms with E-state index in [1.54, 1.807) is 4.90 Å². The first-order valence-electron chi connectivity index (χ1n) is 14.3. The van der Waals surface area contributed by atoms with E-state index >= 15 is 0 Å². The number of amides is 2. The van der Waals surface area contributed by atoms with Crippen LogP contribution in [-0.2, 0) is 6.54 Å². The molecule has 0 bridgehead atoms. The van der Waals surface area contributed by atoms with Gasteiger partial charge in [0.15, 0.2) is 11.4 Å². The normalized spacial score (nSPS) is 16.7. The van der Waals surface area contributed by atoms with Crippen LogP contribution in [0.25, 0.3) is 0 Å². The van der Waals surface area contributed by atoms with Crippen LogP contribution >= 0.6 is 11.8 Å². The third-order valence-electron chi connectivity index (χ3n) is 7.62. The van der Waals surface area contributed by atoms with Gasteiger partial charge in [-0.25, -0.2) is 0 Å². The fourth-order valence-corrected chi connectivity index (χ4v) is 5.80. The van der Waals surface area contributed by atoms with Crippen molar-refractivity contribution in [3.63, 3.8) is 0 Å². The molecule has 2 aromatic carbocycles. The molecule has 0 unspecified atom stereocenters. The molecule has 2 amide bonds. The molecule has 3 aromatic rings. The minimum Gasteiger partial charge on any atom is -0.490 e. The molecule has 0 aliphatic carbocycles. The van der Waals surface area contributed by atoms with Crippen LogP contribution in [-0.4, -0.2) is 75.6 Å². The SMILES string of the molecule is N#Cc1ccc(CN2CCC(NC(=O)c3ccc(C(=O)N4CCC(Oc5ccc(SC(F)(F)F)cc5)CC4)nn3)CC2)cc1. The summed E-state index contributed by atoms with van der Waals surface area (Å²) in [6, 6.07) is 18.5. The average molecular weight is 625 g/mol. The Balaban J connectivity index is 1.04. The molecule has 1 N–H and O–H groups in total. The highest BCUT2D eigenvalue weighted by atomic mass is 32.2. The average Bonchev–Trinajstić information content (AvgIpc) is 3.03. The van der Waals surface area contributed by atoms with E-state index in [-0.39, 0.29) is 52.0 Å². The summed E-state index contributed by atoms with van der Waals surface area (Å²) < 4.78 is 43.5. The lowest BCUT2D eigenvalue weighted by atomic mass is 10.0. The van der Waals surface area contributed by atoms with Crippen molar-refractivity contribution in [3.05, 3.63) is 83.2 Å². The Morgan fingerprint density at radius 3 is 2.14 bits per heavy atom. The van der Waals surface area contributed by atoms with Crippen molar-refractivity contribution in [1.29, 1.82) is 5.26 Å². The third kappa shape index (κ3) is 8.70. The first kappa shape index (κ1) is 31.3. The molecule has 13 heteroatoms. The molecule has 44 heavy (non-hydrogen) atoms. The number of carbonyl (C=O) groups is 2. The molecule has 0 atom stereocenters. The molecule has 2 aliphatic heterocycles. The number of nitrogens with one attached hydrogen (secondary N) is 1. The van der Waals surface area contributed by atoms with Crippen LogP contribution in [0.2, 0.25) is 0 Å². The van der Waals surface area contributed by atoms with Crippen LogP contribution in [0.4, 0.5) is 13.2 Å². The summed E-state index contributed by atoms with van der Waals surface area (Å²) in [5, 5.41) is 20.0. The molecular weight excluding hydrogens is 593 g/mol. The van der Waals surface area contributed by atoms with Gasteiger partial charge in [-0.1, -0.05) is 12.1 Å². The standard InChI is InChI=1S/C31H31F3N6O3S/c32-31(33,34)44-26-7-5-24(6-8-26)43-25-13-17-40(18-14-25)30(42)28-10-9-27(37-38-28)29(41)36-23-11-15-39(16-12-23)20-22-3-1-21(19-35)2-4-22/h1-10,23,25H,11-18,20H2,(H,36,41). The van der Waals surface area contributed by atoms with Crippen molar-refractivity contribution in [2.45, 2.75) is 54.8 Å². The largest absolute Gasteiger partial charge is 0.490 e. The van der Waals surface area contributed by atoms with Gasteiger partial charge in [0.05, 0.1) is 11.6 Å². The maximum atomic E-state index is 13.0. The highest BCUT2D eigenvalue weighted by Crippen LogP contribution is 2.37. The molecule has 1 aromatic heterocycles. The lowest BCUT2D eigenvalue weighted by molar-refractivity contribution is -0.0328. The Labute approximate surface area is 257 Å². The van der Waals surface area contributed by atoms with E-state index in [9.17, 15) is 22.8 Å². The van der Waals surface area contributed by atoms with Gasteiger partial charge in [-0.15, -0.1) is 10.2 Å². The molecular formula is C31H31F3N6O3S. The highest BCUT2D eigenvalue weighted by molar-refractivity contribution is 8.00. The van der Waals surface area contributed by atoms with Crippen LogP contribution < -0.4 is 10.1 Å². The Hall–Kier alpha value is -4.15. The number of rotatable bonds is 8. The molecule has 0 saturated carbocycles. The second-order valence-electron chi connectivity index (χ2n) is 10.8. The number of halogens is 3. The minimum absolute atomic E-state index is 0.0167. The zero-order valence-corrected chi connectivity index (χ0v) is 24.6. The predicted octanol–water partition coefficient (Wildman–Crippen LogP) is 5.04. The monoisotopic (exact) mass is 624 g/mol. The summed E-state index contributed by atoms with van der Waals surface area (Å²) in [5.74, 6) is -0.134. The van der Waals surface area contributed by atoms with Crippen molar-refractivity contribution < 1.29 is 27.5 Å². The topological polar surface area (TPSA) is 111 Å². The first-order chi connectivity index (χ1) is 21.1. The Morgan fingerprint density at radius 1 is 0.909 bits per heavy atom. The van der Waals surface area contributed by atoms with E-state index in [0.29, 0.717) is 37.2 Å². The maximum Gasteiger partial charge on any atom is 0.446 e. The summed E-state index contributed by atoms with van der Waals surface area (Å²) in [6.45, 7) is 3.32. The number of thioether (sulfide) groups is 1. The van der Waals surface area contributed by atoms with E-state index in [1.807, 2.05) is 24.3 Å². The number of nitrogens with zero attached hydrogens (tertiary/aromatic N) is 5. The lowest BCUT2D eigenvalue weighted by Gasteiger charge is -2.32. The quantitative estimate of drug-likeness (QED) is 0.347. The van der Waals surface area contributed by atoms with E-state index in [4.69, 9.17) is 10.00 Å². The minimum atomic E-state index is -4.34. The smallest absolute Gasteiger partial charge is 0.446 e. The molecule has 0 spiro atoms. The summed E-state index contributed by atoms with van der Waals surface area (Å²) >= 11 is -0.173. The number of nitriles is 1. The number of aromatic nitrogens is 2. The first-order valence-corrected chi connectivity index (χ1v) is 15.1. The zero-order valence-electron chi connectivity index (χ0n) is 23.8. The number of benzene rings is 2. The van der Waals surface area contributed by atoms with Gasteiger partial charge >= 0.3 is 5.51 Å². The maximum absolute atomic E-state index is 13.0. The number of ether oxygens (including phenoxy) is 1. The molecule has 5 rings (SSSR count). The molecule has 2 saturated heterocycles. The number of piperidine rings is 2. The zero-order chi connectivity index (χ0) is 31.1. The number of hydrogen-bond donors (Lipinski definition) is 1. The number of carbonyl (C=O) groups excluding carboxylic acids is 2. The van der Waals surface area contributed by atoms with Gasteiger partial charge in [0.2, 0.25) is 0 Å². The van der Waals surface area contributed by atoms with Crippen LogP contribution in [0.5, 0.6) is 5.75 Å². The Kier molecular flexibility index (Phi) is 10.0. The highest BCUT2D eigenvalue weighted by Gasteiger charge is 2.30. The summed E-state index contributed by atoms with van der Waals surface area (Å²) in [5.41, 5.74) is -2.26. The third-order valence-corrected chi connectivity index (χ3v) is 8.36. The second-order valence-corrected chi connectivity index (χ2v) is 11.9. The van der Waals surface area contributed by atoms with Crippen LogP contribution in [0.15, 0.2) is 65.6 Å². The van der Waals surface area contributed by atoms with Crippen LogP contribution in [0.1, 0.15) is 57.8 Å². The van der Waals surface area contributed by atoms with E-state index in [0.717, 1.165) is 38.0 Å². The van der Waals surface area contributed by atoms with Gasteiger partial charge < -0.3 is 15.0 Å². The Morgan fingerprint density at radius 2 is 1.55 bits per heavy atom. The molecule has 230 valence electrons. The molecule has 2 fully saturated rings. The van der Waals surface area contributed by atoms with Crippen LogP contribution in [0.3, 0.4) is 0 Å². The summed E-state index contributed by atoms with van der Waals surface area (Å²) in [6.07, 6.45) is 2.55. The number of alkyl halides is 3. The molecule has 9 nitrogen and oxygen atoms in total. The van der Waals surface area contributed by atoms with Crippen molar-refractivity contribution >= 4 is 23.6 Å². The van der Waals surface area contributed by atoms with Crippen molar-refractivity contribution in [2.24, 2.45) is 0 Å². The van der Waals surface area contributed by atoms with Crippen LogP contribution in [0, 0.1) is 11.3 Å². The van der Waals surface area contributed by atoms with E-state index < -0.39 is 5.51 Å². The number of hydrogen-bond acceptors (Lipinski definition) is 8. The summed E-state index contributed by atoms with van der Waals surface area (Å²) in [4.78, 5) is 29.8. The fourth-order valence-electron chi connectivity index (χ4n) is 5.26. The second kappa shape index (κ2) is 14.1. The van der Waals surface area contributed by atoms with Crippen molar-refractivity contribution in [1.82, 2.24) is 25.3 Å². The summed E-state index contributed by atoms with van der Waals surface area (Å²) in [7, 11) is 0. The van der Waals surface area contributed by atoms with Gasteiger partial charge in [0, 0.05) is 56.5 Å². The Bertz CT molecular complexity index is 1460. The van der Waals surface area contributed by atoms with E-state index in [2.05, 4.69) is 26.5 Å².